The van der Waals surface area contributed by atoms with Gasteiger partial charge in [0.2, 0.25) is 0 Å². The van der Waals surface area contributed by atoms with Crippen LogP contribution in [-0.4, -0.2) is 53.7 Å². The lowest BCUT2D eigenvalue weighted by atomic mass is 9.92. The molecule has 1 aliphatic heterocycles. The first-order chi connectivity index (χ1) is 9.85. The van der Waals surface area contributed by atoms with Crippen LogP contribution in [0.4, 0.5) is 5.82 Å². The Morgan fingerprint density at radius 1 is 1.24 bits per heavy atom. The number of aromatic carboxylic acids is 1. The highest BCUT2D eigenvalue weighted by atomic mass is 16.4. The second kappa shape index (κ2) is 6.43. The fraction of sp³-hybridized carbons (Fsp3) is 0.625. The Kier molecular flexibility index (Phi) is 4.83. The smallest absolute Gasteiger partial charge is 0.354 e. The molecule has 0 atom stereocenters. The standard InChI is InChI=1S/C16H25N3O2/c1-16(2,3)7-8-18-9-11-19(12-10-18)14-6-4-5-13(17-14)15(20)21/h4-6H,7-12H2,1-3H3,(H,20,21). The van der Waals surface area contributed by atoms with Crippen molar-refractivity contribution in [3.8, 4) is 0 Å². The van der Waals surface area contributed by atoms with Crippen molar-refractivity contribution in [2.45, 2.75) is 27.2 Å². The number of aromatic nitrogens is 1. The van der Waals surface area contributed by atoms with E-state index in [0.717, 1.165) is 38.5 Å². The average molecular weight is 291 g/mol. The van der Waals surface area contributed by atoms with Crippen LogP contribution in [0.25, 0.3) is 0 Å². The van der Waals surface area contributed by atoms with Gasteiger partial charge in [0.1, 0.15) is 5.82 Å². The minimum atomic E-state index is -0.972. The maximum atomic E-state index is 11.0. The summed E-state index contributed by atoms with van der Waals surface area (Å²) in [6.07, 6.45) is 1.19. The average Bonchev–Trinajstić information content (AvgIpc) is 2.45. The number of rotatable bonds is 4. The van der Waals surface area contributed by atoms with E-state index in [0.29, 0.717) is 5.41 Å². The van der Waals surface area contributed by atoms with Gasteiger partial charge in [0.25, 0.3) is 0 Å². The van der Waals surface area contributed by atoms with Gasteiger partial charge in [0.05, 0.1) is 0 Å². The minimum absolute atomic E-state index is 0.114. The molecule has 5 heteroatoms. The van der Waals surface area contributed by atoms with Gasteiger partial charge in [0.15, 0.2) is 5.69 Å². The number of anilines is 1. The summed E-state index contributed by atoms with van der Waals surface area (Å²) in [6, 6.07) is 5.18. The monoisotopic (exact) mass is 291 g/mol. The molecular formula is C16H25N3O2. The number of carboxylic acid groups (broad SMARTS) is 1. The highest BCUT2D eigenvalue weighted by Crippen LogP contribution is 2.20. The Labute approximate surface area is 126 Å². The third-order valence-corrected chi connectivity index (χ3v) is 3.83. The normalized spacial score (nSPS) is 17.0. The van der Waals surface area contributed by atoms with E-state index in [-0.39, 0.29) is 5.69 Å². The van der Waals surface area contributed by atoms with E-state index in [1.54, 1.807) is 6.07 Å². The molecule has 1 saturated heterocycles. The summed E-state index contributed by atoms with van der Waals surface area (Å²) in [5.41, 5.74) is 0.483. The van der Waals surface area contributed by atoms with Crippen molar-refractivity contribution in [2.75, 3.05) is 37.6 Å². The lowest BCUT2D eigenvalue weighted by Gasteiger charge is -2.36. The second-order valence-corrected chi connectivity index (χ2v) is 6.83. The van der Waals surface area contributed by atoms with E-state index in [1.807, 2.05) is 6.07 Å². The number of hydrogen-bond acceptors (Lipinski definition) is 4. The molecule has 2 heterocycles. The molecule has 21 heavy (non-hydrogen) atoms. The van der Waals surface area contributed by atoms with Crippen LogP contribution < -0.4 is 4.90 Å². The summed E-state index contributed by atoms with van der Waals surface area (Å²) in [4.78, 5) is 19.8. The first kappa shape index (κ1) is 15.8. The molecular weight excluding hydrogens is 266 g/mol. The third kappa shape index (κ3) is 4.70. The van der Waals surface area contributed by atoms with Crippen LogP contribution in [0.1, 0.15) is 37.7 Å². The number of piperazine rings is 1. The summed E-state index contributed by atoms with van der Waals surface area (Å²) in [5, 5.41) is 9.01. The molecule has 0 aliphatic carbocycles. The predicted octanol–water partition coefficient (Wildman–Crippen LogP) is 2.34. The highest BCUT2D eigenvalue weighted by Gasteiger charge is 2.20. The Balaban J connectivity index is 1.89. The molecule has 0 aromatic carbocycles. The van der Waals surface area contributed by atoms with Gasteiger partial charge < -0.3 is 10.0 Å². The molecule has 0 unspecified atom stereocenters. The van der Waals surface area contributed by atoms with Gasteiger partial charge in [-0.3, -0.25) is 4.90 Å². The lowest BCUT2D eigenvalue weighted by Crippen LogP contribution is -2.47. The van der Waals surface area contributed by atoms with Crippen LogP contribution >= 0.6 is 0 Å². The van der Waals surface area contributed by atoms with Crippen LogP contribution in [-0.2, 0) is 0 Å². The van der Waals surface area contributed by atoms with E-state index in [1.165, 1.54) is 12.5 Å². The van der Waals surface area contributed by atoms with Crippen molar-refractivity contribution in [1.29, 1.82) is 0 Å². The Morgan fingerprint density at radius 3 is 2.48 bits per heavy atom. The second-order valence-electron chi connectivity index (χ2n) is 6.83. The van der Waals surface area contributed by atoms with Crippen LogP contribution in [0.2, 0.25) is 0 Å². The van der Waals surface area contributed by atoms with Crippen LogP contribution in [0.5, 0.6) is 0 Å². The summed E-state index contributed by atoms with van der Waals surface area (Å²) in [6.45, 7) is 11.8. The number of nitrogens with zero attached hydrogens (tertiary/aromatic N) is 3. The molecule has 0 amide bonds. The molecule has 2 rings (SSSR count). The molecule has 1 aromatic rings. The van der Waals surface area contributed by atoms with Crippen molar-refractivity contribution >= 4 is 11.8 Å². The molecule has 5 nitrogen and oxygen atoms in total. The Morgan fingerprint density at radius 2 is 1.90 bits per heavy atom. The maximum absolute atomic E-state index is 11.0. The van der Waals surface area contributed by atoms with Gasteiger partial charge in [-0.15, -0.1) is 0 Å². The van der Waals surface area contributed by atoms with Gasteiger partial charge in [-0.1, -0.05) is 26.8 Å². The molecule has 0 spiro atoms. The highest BCUT2D eigenvalue weighted by molar-refractivity contribution is 5.85. The fourth-order valence-corrected chi connectivity index (χ4v) is 2.41. The first-order valence-corrected chi connectivity index (χ1v) is 7.53. The Bertz CT molecular complexity index is 489. The van der Waals surface area contributed by atoms with E-state index < -0.39 is 5.97 Å². The SMILES string of the molecule is CC(C)(C)CCN1CCN(c2cccc(C(=O)O)n2)CC1. The topological polar surface area (TPSA) is 56.7 Å². The number of carboxylic acids is 1. The summed E-state index contributed by atoms with van der Waals surface area (Å²) in [5.74, 6) is -0.203. The van der Waals surface area contributed by atoms with Gasteiger partial charge >= 0.3 is 5.97 Å². The largest absolute Gasteiger partial charge is 0.477 e. The molecule has 1 fully saturated rings. The predicted molar refractivity (Wildman–Crippen MR) is 83.9 cm³/mol. The molecule has 116 valence electrons. The van der Waals surface area contributed by atoms with Crippen molar-refractivity contribution in [1.82, 2.24) is 9.88 Å². The van der Waals surface area contributed by atoms with Crippen LogP contribution in [0.15, 0.2) is 18.2 Å². The quantitative estimate of drug-likeness (QED) is 0.922. The zero-order valence-electron chi connectivity index (χ0n) is 13.2. The summed E-state index contributed by atoms with van der Waals surface area (Å²) >= 11 is 0. The summed E-state index contributed by atoms with van der Waals surface area (Å²) in [7, 11) is 0. The van der Waals surface area contributed by atoms with Gasteiger partial charge in [-0.25, -0.2) is 9.78 Å². The zero-order chi connectivity index (χ0) is 15.5. The van der Waals surface area contributed by atoms with Gasteiger partial charge in [0, 0.05) is 26.2 Å². The van der Waals surface area contributed by atoms with Crippen molar-refractivity contribution in [2.24, 2.45) is 5.41 Å². The van der Waals surface area contributed by atoms with Crippen molar-refractivity contribution < 1.29 is 9.90 Å². The number of hydrogen-bond donors (Lipinski definition) is 1. The fourth-order valence-electron chi connectivity index (χ4n) is 2.41. The van der Waals surface area contributed by atoms with Gasteiger partial charge in [-0.05, 0) is 30.5 Å². The van der Waals surface area contributed by atoms with E-state index in [4.69, 9.17) is 5.11 Å². The summed E-state index contributed by atoms with van der Waals surface area (Å²) < 4.78 is 0. The third-order valence-electron chi connectivity index (χ3n) is 3.83. The van der Waals surface area contributed by atoms with Crippen molar-refractivity contribution in [3.05, 3.63) is 23.9 Å². The Hall–Kier alpha value is -1.62. The van der Waals surface area contributed by atoms with E-state index in [2.05, 4.69) is 35.6 Å². The van der Waals surface area contributed by atoms with Gasteiger partial charge in [-0.2, -0.15) is 0 Å². The van der Waals surface area contributed by atoms with Crippen LogP contribution in [0, 0.1) is 5.41 Å². The molecule has 0 radical (unpaired) electrons. The molecule has 1 aromatic heterocycles. The van der Waals surface area contributed by atoms with E-state index in [9.17, 15) is 4.79 Å². The number of carbonyl (C=O) groups is 1. The first-order valence-electron chi connectivity index (χ1n) is 7.53. The lowest BCUT2D eigenvalue weighted by molar-refractivity contribution is 0.0690. The minimum Gasteiger partial charge on any atom is -0.477 e. The zero-order valence-corrected chi connectivity index (χ0v) is 13.2. The number of pyridine rings is 1. The molecule has 0 bridgehead atoms. The van der Waals surface area contributed by atoms with Crippen molar-refractivity contribution in [3.63, 3.8) is 0 Å². The molecule has 0 saturated carbocycles. The molecule has 1 N–H and O–H groups in total. The molecule has 1 aliphatic rings. The maximum Gasteiger partial charge on any atom is 0.354 e. The van der Waals surface area contributed by atoms with E-state index >= 15 is 0 Å². The van der Waals surface area contributed by atoms with Crippen LogP contribution in [0.3, 0.4) is 0 Å².